The van der Waals surface area contributed by atoms with Crippen molar-refractivity contribution in [2.45, 2.75) is 63.7 Å². The molecule has 2 atom stereocenters. The van der Waals surface area contributed by atoms with Gasteiger partial charge in [0.25, 0.3) is 11.8 Å². The molecule has 2 aliphatic carbocycles. The van der Waals surface area contributed by atoms with E-state index in [0.29, 0.717) is 31.1 Å². The molecule has 5 rings (SSSR count). The summed E-state index contributed by atoms with van der Waals surface area (Å²) in [6.45, 7) is 1.34. The van der Waals surface area contributed by atoms with Crippen molar-refractivity contribution < 1.29 is 23.5 Å². The molecule has 0 saturated heterocycles. The maximum Gasteiger partial charge on any atom is 0.274 e. The van der Waals surface area contributed by atoms with Gasteiger partial charge in [-0.25, -0.2) is 8.78 Å². The molecule has 1 aliphatic heterocycles. The summed E-state index contributed by atoms with van der Waals surface area (Å²) in [5.41, 5.74) is -1.35. The van der Waals surface area contributed by atoms with Crippen LogP contribution in [0.4, 0.5) is 8.78 Å². The normalized spacial score (nSPS) is 21.8. The van der Waals surface area contributed by atoms with Crippen LogP contribution in [0.15, 0.2) is 29.2 Å². The molecule has 3 N–H and O–H groups in total. The number of nitrogens with one attached hydrogen (secondary N) is 2. The number of hydrogen-bond donors (Lipinski definition) is 3. The molecule has 36 heavy (non-hydrogen) atoms. The Hall–Kier alpha value is -3.27. The van der Waals surface area contributed by atoms with Crippen molar-refractivity contribution in [1.82, 2.24) is 20.1 Å². The van der Waals surface area contributed by atoms with Crippen LogP contribution in [0.25, 0.3) is 0 Å². The van der Waals surface area contributed by atoms with E-state index in [0.717, 1.165) is 38.3 Å². The molecule has 0 spiro atoms. The Morgan fingerprint density at radius 1 is 1.08 bits per heavy atom. The number of hydrogen-bond acceptors (Lipinski definition) is 5. The number of rotatable bonds is 7. The summed E-state index contributed by atoms with van der Waals surface area (Å²) in [5.74, 6) is -3.21. The van der Waals surface area contributed by atoms with E-state index >= 15 is 0 Å². The smallest absolute Gasteiger partial charge is 0.274 e. The van der Waals surface area contributed by atoms with Crippen molar-refractivity contribution in [2.24, 2.45) is 5.92 Å². The fourth-order valence-corrected chi connectivity index (χ4v) is 5.36. The van der Waals surface area contributed by atoms with Crippen LogP contribution in [-0.4, -0.2) is 51.6 Å². The summed E-state index contributed by atoms with van der Waals surface area (Å²) in [6, 6.07) is 3.60. The second kappa shape index (κ2) is 10.0. The number of nitrogens with zero attached hydrogens (tertiary/aromatic N) is 2. The van der Waals surface area contributed by atoms with E-state index in [4.69, 9.17) is 0 Å². The van der Waals surface area contributed by atoms with Gasteiger partial charge in [-0.1, -0.05) is 18.9 Å². The lowest BCUT2D eigenvalue weighted by Gasteiger charge is -2.42. The number of carbonyl (C=O) groups excluding carboxylic acids is 2. The fraction of sp³-hybridized carbons (Fsp3) is 0.500. The molecule has 3 aliphatic rings. The van der Waals surface area contributed by atoms with E-state index in [9.17, 15) is 28.3 Å². The number of amides is 2. The second-order valence-corrected chi connectivity index (χ2v) is 9.97. The summed E-state index contributed by atoms with van der Waals surface area (Å²) >= 11 is 0. The van der Waals surface area contributed by atoms with Gasteiger partial charge in [0.15, 0.2) is 11.4 Å². The minimum atomic E-state index is -0.955. The molecular formula is C26H30F2N4O4. The third kappa shape index (κ3) is 4.86. The van der Waals surface area contributed by atoms with Crippen LogP contribution in [0, 0.1) is 17.6 Å². The molecule has 1 aromatic heterocycles. The quantitative estimate of drug-likeness (QED) is 0.542. The number of carbonyl (C=O) groups is 2. The van der Waals surface area contributed by atoms with Crippen LogP contribution in [0.2, 0.25) is 0 Å². The summed E-state index contributed by atoms with van der Waals surface area (Å²) in [7, 11) is 0. The molecule has 2 fully saturated rings. The lowest BCUT2D eigenvalue weighted by molar-refractivity contribution is 0.0457. The summed E-state index contributed by atoms with van der Waals surface area (Å²) in [4.78, 5) is 40.8. The van der Waals surface area contributed by atoms with Gasteiger partial charge >= 0.3 is 0 Å². The Labute approximate surface area is 207 Å². The predicted octanol–water partition coefficient (Wildman–Crippen LogP) is 2.53. The van der Waals surface area contributed by atoms with Gasteiger partial charge in [0.2, 0.25) is 5.43 Å². The summed E-state index contributed by atoms with van der Waals surface area (Å²) in [6.07, 6.45) is 7.72. The van der Waals surface area contributed by atoms with Gasteiger partial charge in [-0.15, -0.1) is 0 Å². The molecule has 1 aromatic carbocycles. The van der Waals surface area contributed by atoms with Crippen molar-refractivity contribution in [2.75, 3.05) is 13.1 Å². The minimum absolute atomic E-state index is 0.0364. The molecule has 2 saturated carbocycles. The van der Waals surface area contributed by atoms with Crippen LogP contribution < -0.4 is 16.1 Å². The Morgan fingerprint density at radius 2 is 1.86 bits per heavy atom. The van der Waals surface area contributed by atoms with Gasteiger partial charge in [-0.2, -0.15) is 0 Å². The first-order valence-electron chi connectivity index (χ1n) is 12.6. The first-order chi connectivity index (χ1) is 17.3. The number of halogens is 2. The third-order valence-electron chi connectivity index (χ3n) is 7.52. The molecular weight excluding hydrogens is 470 g/mol. The van der Waals surface area contributed by atoms with Gasteiger partial charge in [-0.3, -0.25) is 14.4 Å². The second-order valence-electron chi connectivity index (χ2n) is 9.97. The average Bonchev–Trinajstić information content (AvgIpc) is 3.69. The van der Waals surface area contributed by atoms with E-state index in [1.165, 1.54) is 29.7 Å². The monoisotopic (exact) mass is 500 g/mol. The van der Waals surface area contributed by atoms with Crippen molar-refractivity contribution >= 4 is 11.8 Å². The van der Waals surface area contributed by atoms with E-state index < -0.39 is 34.6 Å². The Balaban J connectivity index is 1.33. The van der Waals surface area contributed by atoms with Crippen molar-refractivity contribution in [1.29, 1.82) is 0 Å². The number of aromatic hydroxyl groups is 1. The van der Waals surface area contributed by atoms with E-state index in [1.807, 2.05) is 0 Å². The zero-order chi connectivity index (χ0) is 25.4. The molecule has 2 amide bonds. The van der Waals surface area contributed by atoms with Crippen LogP contribution in [-0.2, 0) is 13.1 Å². The highest BCUT2D eigenvalue weighted by atomic mass is 19.1. The molecule has 192 valence electrons. The van der Waals surface area contributed by atoms with E-state index in [1.54, 1.807) is 4.90 Å². The molecule has 10 heteroatoms. The van der Waals surface area contributed by atoms with Crippen molar-refractivity contribution in [3.63, 3.8) is 0 Å². The van der Waals surface area contributed by atoms with E-state index in [2.05, 4.69) is 10.6 Å². The standard InChI is InChI=1S/C26H30F2N4O4/c27-17-6-5-15(20(28)11-17)12-30-25(35)19-14-31-9-10-32(26(36)22(31)24(34)23(19)33)21-4-2-1-3-16(21)13-29-18-7-8-18/h5-6,11,14,16,18,21,29,34H,1-4,7-10,12-13H2,(H,30,35)/t16-,21-/m0/s1. The molecule has 2 heterocycles. The number of pyridine rings is 1. The lowest BCUT2D eigenvalue weighted by Crippen LogP contribution is -2.53. The molecule has 0 radical (unpaired) electrons. The first kappa shape index (κ1) is 24.4. The predicted molar refractivity (Wildman–Crippen MR) is 128 cm³/mol. The van der Waals surface area contributed by atoms with Gasteiger partial charge in [0.1, 0.15) is 17.2 Å². The number of benzene rings is 1. The fourth-order valence-electron chi connectivity index (χ4n) is 5.36. The highest BCUT2D eigenvalue weighted by Crippen LogP contribution is 2.32. The number of fused-ring (bicyclic) bond motifs is 1. The summed E-state index contributed by atoms with van der Waals surface area (Å²) in [5, 5.41) is 16.7. The van der Waals surface area contributed by atoms with Crippen LogP contribution in [0.3, 0.4) is 0 Å². The molecule has 8 nitrogen and oxygen atoms in total. The zero-order valence-electron chi connectivity index (χ0n) is 19.9. The molecule has 0 bridgehead atoms. The topological polar surface area (TPSA) is 104 Å². The van der Waals surface area contributed by atoms with Crippen LogP contribution in [0.5, 0.6) is 5.75 Å². The third-order valence-corrected chi connectivity index (χ3v) is 7.52. The van der Waals surface area contributed by atoms with Crippen LogP contribution in [0.1, 0.15) is 64.9 Å². The van der Waals surface area contributed by atoms with Gasteiger partial charge in [0.05, 0.1) is 0 Å². The van der Waals surface area contributed by atoms with Gasteiger partial charge < -0.3 is 25.2 Å². The number of aromatic nitrogens is 1. The SMILES string of the molecule is O=C(NCc1ccc(F)cc1F)c1cn2c(c(O)c1=O)C(=O)N([C@H]1CCCC[C@H]1CNC1CC1)CC2. The Morgan fingerprint density at radius 3 is 2.61 bits per heavy atom. The average molecular weight is 501 g/mol. The minimum Gasteiger partial charge on any atom is -0.503 e. The zero-order valence-corrected chi connectivity index (χ0v) is 19.9. The Kier molecular flexibility index (Phi) is 6.79. The van der Waals surface area contributed by atoms with Crippen molar-refractivity contribution in [3.05, 3.63) is 63.1 Å². The largest absolute Gasteiger partial charge is 0.503 e. The molecule has 2 aromatic rings. The first-order valence-corrected chi connectivity index (χ1v) is 12.6. The maximum absolute atomic E-state index is 13.9. The Bertz CT molecular complexity index is 1240. The van der Waals surface area contributed by atoms with Gasteiger partial charge in [0, 0.05) is 56.1 Å². The lowest BCUT2D eigenvalue weighted by atomic mass is 9.83. The highest BCUT2D eigenvalue weighted by Gasteiger charge is 2.38. The summed E-state index contributed by atoms with van der Waals surface area (Å²) < 4.78 is 28.4. The van der Waals surface area contributed by atoms with Crippen LogP contribution >= 0.6 is 0 Å². The highest BCUT2D eigenvalue weighted by molar-refractivity contribution is 5.99. The van der Waals surface area contributed by atoms with Gasteiger partial charge in [-0.05, 0) is 37.7 Å². The van der Waals surface area contributed by atoms with Crippen molar-refractivity contribution in [3.8, 4) is 5.75 Å². The maximum atomic E-state index is 13.9. The van der Waals surface area contributed by atoms with E-state index in [-0.39, 0.29) is 29.4 Å². The molecule has 0 unspecified atom stereocenters.